The molecule has 0 N–H and O–H groups in total. The molecule has 0 aromatic rings. The van der Waals surface area contributed by atoms with E-state index in [4.69, 9.17) is 14.2 Å². The highest BCUT2D eigenvalue weighted by atomic mass is 32.2. The predicted octanol–water partition coefficient (Wildman–Crippen LogP) is 1.07. The first-order valence-electron chi connectivity index (χ1n) is 7.92. The van der Waals surface area contributed by atoms with Gasteiger partial charge in [0.15, 0.2) is 0 Å². The Kier molecular flexibility index (Phi) is 5.36. The quantitative estimate of drug-likeness (QED) is 0.401. The number of ether oxygens (including phenoxy) is 3. The van der Waals surface area contributed by atoms with Crippen molar-refractivity contribution in [3.8, 4) is 0 Å². The second-order valence-electron chi connectivity index (χ2n) is 7.34. The third-order valence-corrected chi connectivity index (χ3v) is 5.54. The van der Waals surface area contributed by atoms with Gasteiger partial charge in [0.05, 0.1) is 22.0 Å². The van der Waals surface area contributed by atoms with Crippen LogP contribution in [0.4, 0.5) is 0 Å². The van der Waals surface area contributed by atoms with E-state index in [1.807, 2.05) is 0 Å². The van der Waals surface area contributed by atoms with Gasteiger partial charge in [-0.15, -0.1) is 11.8 Å². The van der Waals surface area contributed by atoms with Crippen molar-refractivity contribution in [2.75, 3.05) is 13.4 Å². The lowest BCUT2D eigenvalue weighted by Gasteiger charge is -2.37. The third kappa shape index (κ3) is 4.08. The van der Waals surface area contributed by atoms with E-state index in [9.17, 15) is 19.2 Å². The smallest absolute Gasteiger partial charge is 0.333 e. The molecule has 0 saturated carbocycles. The minimum Gasteiger partial charge on any atom is -0.464 e. The molecular weight excluding hydrogens is 350 g/mol. The minimum atomic E-state index is -0.892. The van der Waals surface area contributed by atoms with Crippen LogP contribution in [0, 0.1) is 5.41 Å². The predicted molar refractivity (Wildman–Crippen MR) is 88.2 cm³/mol. The van der Waals surface area contributed by atoms with Gasteiger partial charge in [-0.3, -0.25) is 14.4 Å². The topological polar surface area (TPSA) is 99.2 Å². The number of carbonyl (C=O) groups excluding carboxylic acids is 4. The van der Waals surface area contributed by atoms with Crippen molar-refractivity contribution >= 4 is 35.6 Å². The van der Waals surface area contributed by atoms with Crippen molar-refractivity contribution in [2.24, 2.45) is 5.41 Å². The molecule has 0 aromatic heterocycles. The molecule has 25 heavy (non-hydrogen) atoms. The van der Waals surface area contributed by atoms with Crippen molar-refractivity contribution in [3.05, 3.63) is 0 Å². The second kappa shape index (κ2) is 6.86. The van der Waals surface area contributed by atoms with Crippen molar-refractivity contribution < 1.29 is 33.4 Å². The van der Waals surface area contributed by atoms with Crippen molar-refractivity contribution in [1.82, 2.24) is 4.90 Å². The van der Waals surface area contributed by atoms with Gasteiger partial charge >= 0.3 is 17.9 Å². The molecule has 2 rings (SSSR count). The highest BCUT2D eigenvalue weighted by molar-refractivity contribution is 8.01. The van der Waals surface area contributed by atoms with Crippen LogP contribution in [-0.4, -0.2) is 58.3 Å². The summed E-state index contributed by atoms with van der Waals surface area (Å²) in [6.45, 7) is 7.54. The molecule has 9 heteroatoms. The maximum absolute atomic E-state index is 12.5. The third-order valence-electron chi connectivity index (χ3n) is 4.00. The number of thioether (sulfide) groups is 1. The zero-order chi connectivity index (χ0) is 19.0. The van der Waals surface area contributed by atoms with Crippen molar-refractivity contribution in [2.45, 2.75) is 57.2 Å². The fourth-order valence-electron chi connectivity index (χ4n) is 2.64. The maximum Gasteiger partial charge on any atom is 0.333 e. The Morgan fingerprint density at radius 1 is 1.24 bits per heavy atom. The number of rotatable bonds is 5. The molecule has 0 bridgehead atoms. The zero-order valence-corrected chi connectivity index (χ0v) is 15.8. The molecule has 2 fully saturated rings. The zero-order valence-electron chi connectivity index (χ0n) is 15.0. The van der Waals surface area contributed by atoms with Gasteiger partial charge in [0.25, 0.3) is 0 Å². The number of hydrogen-bond acceptors (Lipinski definition) is 8. The van der Waals surface area contributed by atoms with Gasteiger partial charge in [-0.25, -0.2) is 4.79 Å². The van der Waals surface area contributed by atoms with Crippen LogP contribution in [0.5, 0.6) is 0 Å². The van der Waals surface area contributed by atoms with Crippen LogP contribution in [0.25, 0.3) is 0 Å². The summed E-state index contributed by atoms with van der Waals surface area (Å²) in [6.07, 6.45) is 0.336. The van der Waals surface area contributed by atoms with Gasteiger partial charge in [-0.2, -0.15) is 0 Å². The lowest BCUT2D eigenvalue weighted by Crippen LogP contribution is -2.58. The Morgan fingerprint density at radius 2 is 1.88 bits per heavy atom. The van der Waals surface area contributed by atoms with E-state index in [1.165, 1.54) is 23.6 Å². The van der Waals surface area contributed by atoms with E-state index in [1.54, 1.807) is 27.7 Å². The Bertz CT molecular complexity index is 600. The lowest BCUT2D eigenvalue weighted by molar-refractivity contribution is -0.180. The summed E-state index contributed by atoms with van der Waals surface area (Å²) in [6, 6.07) is -0.892. The SMILES string of the molecule is CC(=O)OC[C@]1(C)S[C@@H]2CC(=O)N2[C@H]1C(=O)OCOC(=O)C(C)(C)C. The van der Waals surface area contributed by atoms with Crippen LogP contribution >= 0.6 is 11.8 Å². The maximum atomic E-state index is 12.5. The summed E-state index contributed by atoms with van der Waals surface area (Å²) in [7, 11) is 0. The fraction of sp³-hybridized carbons (Fsp3) is 0.750. The van der Waals surface area contributed by atoms with E-state index in [0.29, 0.717) is 6.42 Å². The summed E-state index contributed by atoms with van der Waals surface area (Å²) < 4.78 is 14.3. The Labute approximate surface area is 150 Å². The average Bonchev–Trinajstić information content (AvgIpc) is 2.72. The average molecular weight is 373 g/mol. The fourth-order valence-corrected chi connectivity index (χ4v) is 4.30. The first kappa shape index (κ1) is 19.6. The number of esters is 3. The summed E-state index contributed by atoms with van der Waals surface area (Å²) in [4.78, 5) is 48.7. The van der Waals surface area contributed by atoms with E-state index in [2.05, 4.69) is 0 Å². The van der Waals surface area contributed by atoms with Crippen molar-refractivity contribution in [3.63, 3.8) is 0 Å². The monoisotopic (exact) mass is 373 g/mol. The lowest BCUT2D eigenvalue weighted by atomic mass is 9.97. The van der Waals surface area contributed by atoms with Gasteiger partial charge in [0.1, 0.15) is 12.6 Å². The highest BCUT2D eigenvalue weighted by Crippen LogP contribution is 2.51. The molecule has 0 aromatic carbocycles. The summed E-state index contributed by atoms with van der Waals surface area (Å²) in [5.74, 6) is -1.80. The standard InChI is InChI=1S/C16H23NO7S/c1-9(18)22-7-16(5)12(17-10(19)6-11(17)25-16)13(20)23-8-24-14(21)15(2,3)4/h11-12H,6-8H2,1-5H3/t11-,12+,16+/m1/s1. The number of hydrogen-bond donors (Lipinski definition) is 0. The summed E-state index contributed by atoms with van der Waals surface area (Å²) >= 11 is 1.41. The molecule has 3 atom stereocenters. The molecule has 0 spiro atoms. The number of nitrogens with zero attached hydrogens (tertiary/aromatic N) is 1. The second-order valence-corrected chi connectivity index (χ2v) is 9.05. The summed E-state index contributed by atoms with van der Waals surface area (Å²) in [5.41, 5.74) is -0.710. The van der Waals surface area contributed by atoms with E-state index in [-0.39, 0.29) is 17.9 Å². The molecule has 0 radical (unpaired) electrons. The van der Waals surface area contributed by atoms with Crippen LogP contribution in [0.2, 0.25) is 0 Å². The van der Waals surface area contributed by atoms with Crippen molar-refractivity contribution in [1.29, 1.82) is 0 Å². The van der Waals surface area contributed by atoms with Crippen LogP contribution in [0.3, 0.4) is 0 Å². The minimum absolute atomic E-state index is 0.0190. The van der Waals surface area contributed by atoms with E-state index >= 15 is 0 Å². The Hall–Kier alpha value is -1.77. The van der Waals surface area contributed by atoms with Gasteiger partial charge in [0, 0.05) is 6.92 Å². The van der Waals surface area contributed by atoms with E-state index < -0.39 is 40.9 Å². The van der Waals surface area contributed by atoms with Crippen LogP contribution in [0.1, 0.15) is 41.0 Å². The largest absolute Gasteiger partial charge is 0.464 e. The number of carbonyl (C=O) groups is 4. The van der Waals surface area contributed by atoms with Crippen LogP contribution < -0.4 is 0 Å². The number of fused-ring (bicyclic) bond motifs is 1. The highest BCUT2D eigenvalue weighted by Gasteiger charge is 2.61. The van der Waals surface area contributed by atoms with Gasteiger partial charge in [0.2, 0.25) is 12.7 Å². The first-order chi connectivity index (χ1) is 11.5. The molecule has 1 amide bonds. The van der Waals surface area contributed by atoms with Crippen LogP contribution in [-0.2, 0) is 33.4 Å². The van der Waals surface area contributed by atoms with Crippen LogP contribution in [0.15, 0.2) is 0 Å². The molecular formula is C16H23NO7S. The first-order valence-corrected chi connectivity index (χ1v) is 8.80. The molecule has 2 aliphatic rings. The molecule has 2 saturated heterocycles. The summed E-state index contributed by atoms with van der Waals surface area (Å²) in [5, 5.41) is -0.136. The molecule has 8 nitrogen and oxygen atoms in total. The Balaban J connectivity index is 2.02. The molecule has 2 aliphatic heterocycles. The van der Waals surface area contributed by atoms with Gasteiger partial charge in [-0.05, 0) is 27.7 Å². The number of β-lactam (4-membered cyclic amide) rings is 1. The van der Waals surface area contributed by atoms with Gasteiger partial charge in [-0.1, -0.05) is 0 Å². The number of amides is 1. The normalized spacial score (nSPS) is 28.0. The molecule has 140 valence electrons. The van der Waals surface area contributed by atoms with Gasteiger partial charge < -0.3 is 19.1 Å². The van der Waals surface area contributed by atoms with E-state index in [0.717, 1.165) is 0 Å². The molecule has 0 aliphatic carbocycles. The Morgan fingerprint density at radius 3 is 2.40 bits per heavy atom. The molecule has 0 unspecified atom stereocenters. The molecule has 2 heterocycles.